The van der Waals surface area contributed by atoms with Crippen LogP contribution in [0.5, 0.6) is 0 Å². The van der Waals surface area contributed by atoms with Crippen molar-refractivity contribution in [2.24, 2.45) is 0 Å². The lowest BCUT2D eigenvalue weighted by atomic mass is 9.94. The molecule has 0 aliphatic carbocycles. The van der Waals surface area contributed by atoms with E-state index in [1.54, 1.807) is 0 Å². The van der Waals surface area contributed by atoms with Crippen LogP contribution in [0.1, 0.15) is 23.1 Å². The topological polar surface area (TPSA) is 19.9 Å². The number of benzene rings is 1. The van der Waals surface area contributed by atoms with Crippen LogP contribution >= 0.6 is 162 Å². The normalized spacial score (nSPS) is 14.9. The molecular formula is C15H9Cl14O. The molecule has 0 aliphatic rings. The smallest absolute Gasteiger partial charge is 0.226 e. The lowest BCUT2D eigenvalue weighted by Gasteiger charge is -2.41. The van der Waals surface area contributed by atoms with Crippen molar-refractivity contribution < 1.29 is 5.11 Å². The minimum absolute atomic E-state index is 0.00200. The third-order valence-electron chi connectivity index (χ3n) is 3.90. The summed E-state index contributed by atoms with van der Waals surface area (Å²) in [5.41, 5.74) is 0.460. The molecule has 0 N–H and O–H groups in total. The molecule has 0 bridgehead atoms. The number of alkyl halides is 14. The number of rotatable bonds is 7. The Kier molecular flexibility index (Phi) is 11.1. The largest absolute Gasteiger partial charge is 0.237 e. The molecule has 15 heteroatoms. The molecule has 173 valence electrons. The summed E-state index contributed by atoms with van der Waals surface area (Å²) < 4.78 is -13.9. The van der Waals surface area contributed by atoms with E-state index >= 15 is 0 Å². The fourth-order valence-electron chi connectivity index (χ4n) is 2.25. The average Bonchev–Trinajstić information content (AvgIpc) is 2.57. The molecule has 1 nitrogen and oxygen atoms in total. The molecule has 1 radical (unpaired) electrons. The van der Waals surface area contributed by atoms with E-state index in [1.165, 1.54) is 18.2 Å². The Hall–Kier alpha value is 3.24. The molecular weight excluding hydrogens is 693 g/mol. The predicted molar refractivity (Wildman–Crippen MR) is 137 cm³/mol. The summed E-state index contributed by atoms with van der Waals surface area (Å²) >= 11 is 85.7. The number of aryl methyl sites for hydroxylation is 1. The zero-order valence-electron chi connectivity index (χ0n) is 14.1. The molecule has 0 heterocycles. The van der Waals surface area contributed by atoms with Crippen LogP contribution in [0.3, 0.4) is 0 Å². The van der Waals surface area contributed by atoms with Crippen LogP contribution in [0, 0.1) is 0 Å². The van der Waals surface area contributed by atoms with E-state index in [0.717, 1.165) is 0 Å². The number of hydrogen-bond acceptors (Lipinski definition) is 0. The van der Waals surface area contributed by atoms with Crippen molar-refractivity contribution >= 4 is 162 Å². The Labute approximate surface area is 244 Å². The molecule has 1 rings (SSSR count). The second kappa shape index (κ2) is 10.7. The van der Waals surface area contributed by atoms with E-state index in [2.05, 4.69) is 0 Å². The molecule has 0 aromatic heterocycles. The summed E-state index contributed by atoms with van der Waals surface area (Å²) in [6, 6.07) is 4.18. The third-order valence-corrected chi connectivity index (χ3v) is 11.8. The highest BCUT2D eigenvalue weighted by molar-refractivity contribution is 6.79. The first-order valence-corrected chi connectivity index (χ1v) is 12.8. The van der Waals surface area contributed by atoms with Gasteiger partial charge in [-0.3, -0.25) is 0 Å². The van der Waals surface area contributed by atoms with Gasteiger partial charge in [0, 0.05) is 0 Å². The van der Waals surface area contributed by atoms with Crippen molar-refractivity contribution in [2.75, 3.05) is 6.61 Å². The van der Waals surface area contributed by atoms with Crippen LogP contribution in [0.15, 0.2) is 18.2 Å². The Morgan fingerprint density at radius 3 is 1.47 bits per heavy atom. The Balaban J connectivity index is 3.78. The minimum Gasteiger partial charge on any atom is -0.237 e. The van der Waals surface area contributed by atoms with E-state index < -0.39 is 24.9 Å². The SMILES string of the molecule is [O]CCCc1ccc(C(Cl)(Cl)C(Cl)(Cl)C(Cl)(Cl)Cl)cc1C(Cl)(Cl)C(Cl)(Cl)C(Cl)(Cl)Cl. The lowest BCUT2D eigenvalue weighted by molar-refractivity contribution is 0.189. The monoisotopic (exact) mass is 695 g/mol. The molecule has 0 unspecified atom stereocenters. The molecule has 0 spiro atoms. The van der Waals surface area contributed by atoms with Crippen molar-refractivity contribution in [2.45, 2.75) is 37.8 Å². The number of halogens is 14. The third kappa shape index (κ3) is 6.13. The van der Waals surface area contributed by atoms with Gasteiger partial charge in [0.05, 0.1) is 6.61 Å². The highest BCUT2D eigenvalue weighted by atomic mass is 35.6. The summed E-state index contributed by atoms with van der Waals surface area (Å²) in [6.07, 6.45) is 0.441. The Bertz CT molecular complexity index is 747. The summed E-state index contributed by atoms with van der Waals surface area (Å²) in [6.45, 7) is -0.384. The maximum absolute atomic E-state index is 11.0. The van der Waals surface area contributed by atoms with E-state index in [-0.39, 0.29) is 30.6 Å². The molecule has 0 saturated carbocycles. The second-order valence-electron chi connectivity index (χ2n) is 5.97. The summed E-state index contributed by atoms with van der Waals surface area (Å²) in [4.78, 5) is 0. The average molecular weight is 702 g/mol. The number of hydrogen-bond donors (Lipinski definition) is 0. The summed E-state index contributed by atoms with van der Waals surface area (Å²) in [7, 11) is 0. The minimum atomic E-state index is -2.38. The van der Waals surface area contributed by atoms with Gasteiger partial charge < -0.3 is 0 Å². The van der Waals surface area contributed by atoms with Crippen molar-refractivity contribution in [3.8, 4) is 0 Å². The van der Waals surface area contributed by atoms with E-state index in [4.69, 9.17) is 162 Å². The zero-order chi connectivity index (χ0) is 24.0. The highest BCUT2D eigenvalue weighted by Gasteiger charge is 2.63. The van der Waals surface area contributed by atoms with Gasteiger partial charge in [0.15, 0.2) is 8.67 Å². The fourth-order valence-corrected chi connectivity index (χ4v) is 5.26. The van der Waals surface area contributed by atoms with Crippen LogP contribution in [0.2, 0.25) is 0 Å². The van der Waals surface area contributed by atoms with Crippen LogP contribution in [-0.4, -0.2) is 22.9 Å². The first-order valence-electron chi connectivity index (χ1n) is 7.53. The highest BCUT2D eigenvalue weighted by Crippen LogP contribution is 2.63. The van der Waals surface area contributed by atoms with Gasteiger partial charge in [0.1, 0.15) is 0 Å². The second-order valence-corrected chi connectivity index (χ2v) is 15.8. The van der Waals surface area contributed by atoms with Gasteiger partial charge in [-0.2, -0.15) is 0 Å². The van der Waals surface area contributed by atoms with Crippen LogP contribution in [0.4, 0.5) is 0 Å². The standard InChI is InChI=1S/C15H9Cl14O/c16-10(17,12(20,21)14(24,25)26)8-4-3-7(2-1-5-30)9(6-8)11(18,19)13(22,23)15(27,28)29/h3-4,6H,1-2,5H2. The van der Waals surface area contributed by atoms with Gasteiger partial charge >= 0.3 is 0 Å². The zero-order valence-corrected chi connectivity index (χ0v) is 24.6. The van der Waals surface area contributed by atoms with Crippen LogP contribution in [0.25, 0.3) is 0 Å². The predicted octanol–water partition coefficient (Wildman–Crippen LogP) is 10.4. The van der Waals surface area contributed by atoms with Gasteiger partial charge in [0.25, 0.3) is 0 Å². The van der Waals surface area contributed by atoms with Crippen molar-refractivity contribution in [3.63, 3.8) is 0 Å². The van der Waals surface area contributed by atoms with Crippen LogP contribution < -0.4 is 0 Å². The molecule has 30 heavy (non-hydrogen) atoms. The Morgan fingerprint density at radius 2 is 1.07 bits per heavy atom. The van der Waals surface area contributed by atoms with Crippen LogP contribution in [-0.2, 0) is 20.2 Å². The maximum atomic E-state index is 11.0. The van der Waals surface area contributed by atoms with Gasteiger partial charge in [-0.25, -0.2) is 5.11 Å². The van der Waals surface area contributed by atoms with Gasteiger partial charge in [-0.1, -0.05) is 175 Å². The van der Waals surface area contributed by atoms with Crippen molar-refractivity contribution in [1.29, 1.82) is 0 Å². The quantitative estimate of drug-likeness (QED) is 0.252. The molecule has 1 aromatic carbocycles. The van der Waals surface area contributed by atoms with Gasteiger partial charge in [-0.05, 0) is 35.6 Å². The molecule has 0 atom stereocenters. The molecule has 0 fully saturated rings. The summed E-state index contributed by atoms with van der Waals surface area (Å²) in [5, 5.41) is 11.0. The van der Waals surface area contributed by atoms with Crippen molar-refractivity contribution in [1.82, 2.24) is 0 Å². The van der Waals surface area contributed by atoms with E-state index in [9.17, 15) is 5.11 Å². The first-order chi connectivity index (χ1) is 13.2. The summed E-state index contributed by atoms with van der Waals surface area (Å²) in [5.74, 6) is 0. The van der Waals surface area contributed by atoms with Gasteiger partial charge in [-0.15, -0.1) is 0 Å². The molecule has 0 amide bonds. The first kappa shape index (κ1) is 31.3. The maximum Gasteiger partial charge on any atom is 0.226 e. The van der Waals surface area contributed by atoms with Gasteiger partial charge in [0.2, 0.25) is 16.3 Å². The lowest BCUT2D eigenvalue weighted by Crippen LogP contribution is -2.46. The van der Waals surface area contributed by atoms with Crippen molar-refractivity contribution in [3.05, 3.63) is 34.9 Å². The fraction of sp³-hybridized carbons (Fsp3) is 0.600. The molecule has 0 aliphatic heterocycles. The van der Waals surface area contributed by atoms with E-state index in [0.29, 0.717) is 5.56 Å². The molecule has 0 saturated heterocycles. The van der Waals surface area contributed by atoms with E-state index in [1.807, 2.05) is 0 Å². The Morgan fingerprint density at radius 1 is 0.633 bits per heavy atom. The molecule has 1 aromatic rings.